The Morgan fingerprint density at radius 3 is 2.38 bits per heavy atom. The Kier molecular flexibility index (Phi) is 12.1. The highest BCUT2D eigenvalue weighted by atomic mass is 19.1. The lowest BCUT2D eigenvalue weighted by molar-refractivity contribution is -0.136. The van der Waals surface area contributed by atoms with Crippen LogP contribution in [0.15, 0.2) is 48.7 Å². The number of amides is 3. The number of rotatable bonds is 12. The third-order valence-corrected chi connectivity index (χ3v) is 15.7. The monoisotopic (exact) mass is 943 g/mol. The van der Waals surface area contributed by atoms with E-state index in [2.05, 4.69) is 36.1 Å². The van der Waals surface area contributed by atoms with Crippen molar-refractivity contribution >= 4 is 50.9 Å². The highest BCUT2D eigenvalue weighted by Gasteiger charge is 2.46. The number of pyridine rings is 1. The first-order valence-electron chi connectivity index (χ1n) is 24.8. The smallest absolute Gasteiger partial charge is 0.319 e. The van der Waals surface area contributed by atoms with E-state index in [1.54, 1.807) is 23.2 Å². The van der Waals surface area contributed by atoms with Gasteiger partial charge in [0.25, 0.3) is 5.91 Å². The molecule has 3 aromatic carbocycles. The van der Waals surface area contributed by atoms with Gasteiger partial charge < -0.3 is 34.5 Å². The fourth-order valence-electron chi connectivity index (χ4n) is 11.5. The number of likely N-dealkylation sites (tertiary alicyclic amines) is 1. The summed E-state index contributed by atoms with van der Waals surface area (Å²) >= 11 is 0. The molecule has 5 fully saturated rings. The highest BCUT2D eigenvalue weighted by molar-refractivity contribution is 6.06. The van der Waals surface area contributed by atoms with Crippen molar-refractivity contribution in [2.75, 3.05) is 81.9 Å². The number of piperidine rings is 3. The molecule has 1 saturated carbocycles. The van der Waals surface area contributed by atoms with E-state index < -0.39 is 29.7 Å². The number of aliphatic hydroxyl groups excluding tert-OH is 1. The summed E-state index contributed by atoms with van der Waals surface area (Å²) in [5, 5.41) is 24.9. The van der Waals surface area contributed by atoms with Crippen LogP contribution in [0.5, 0.6) is 11.8 Å². The van der Waals surface area contributed by atoms with Gasteiger partial charge >= 0.3 is 6.01 Å². The standard InChI is InChI=1S/C52H59F2N9O6/c1-2-37-41(53)6-3-32-24-36(65)25-39(44(32)37)46-45(54)47-40(26-55-46)48(62-17-11-35(64)12-18-62)58-51(57-47)69-30-52(13-14-52)29-60-15-9-31(10-16-60)27-59-19-21-61(22-20-59)34-4-5-38-33(23-34)28-63(50(38)68)42-7-8-43(66)56-49(42)67/h3-6,23-26,31,35,42,64-65H,2,7-22,27-30H2,1H3,(H,56,66,67)/t42-/m0/s1. The number of imide groups is 1. The summed E-state index contributed by atoms with van der Waals surface area (Å²) < 4.78 is 38.6. The normalized spacial score (nSPS) is 21.7. The van der Waals surface area contributed by atoms with Crippen molar-refractivity contribution in [3.8, 4) is 23.0 Å². The van der Waals surface area contributed by atoms with Crippen molar-refractivity contribution in [1.82, 2.24) is 35.0 Å². The van der Waals surface area contributed by atoms with Crippen LogP contribution in [0, 0.1) is 23.0 Å². The van der Waals surface area contributed by atoms with Crippen LogP contribution in [0.3, 0.4) is 0 Å². The maximum atomic E-state index is 17.1. The SMILES string of the molecule is CCc1c(F)ccc2cc(O)cc(-c3ncc4c(N5CCC(O)CC5)nc(OCC5(CN6CCC(CN7CCN(c8ccc9c(c8)CN([C@H]8CCC(=O)NC8=O)C9=O)CC7)CC6)CC5)nc4c3F)c12. The topological polar surface area (TPSA) is 168 Å². The summed E-state index contributed by atoms with van der Waals surface area (Å²) in [4.78, 5) is 62.7. The number of phenolic OH excluding ortho intramolecular Hbond substituents is 1. The number of hydrogen-bond donors (Lipinski definition) is 3. The number of carbonyl (C=O) groups is 3. The third kappa shape index (κ3) is 8.93. The molecule has 17 heteroatoms. The molecule has 3 N–H and O–H groups in total. The number of aliphatic hydroxyl groups is 1. The fraction of sp³-hybridized carbons (Fsp3) is 0.500. The van der Waals surface area contributed by atoms with Gasteiger partial charge in [-0.25, -0.2) is 8.78 Å². The van der Waals surface area contributed by atoms with Gasteiger partial charge in [-0.2, -0.15) is 9.97 Å². The molecule has 1 aliphatic carbocycles. The number of benzene rings is 3. The number of aromatic hydroxyl groups is 1. The molecule has 5 aliphatic heterocycles. The first kappa shape index (κ1) is 45.4. The molecule has 0 bridgehead atoms. The number of nitrogens with zero attached hydrogens (tertiary/aromatic N) is 8. The van der Waals surface area contributed by atoms with Crippen LogP contribution in [-0.2, 0) is 22.6 Å². The van der Waals surface area contributed by atoms with E-state index in [9.17, 15) is 24.6 Å². The number of piperazine rings is 1. The number of anilines is 2. The van der Waals surface area contributed by atoms with Gasteiger partial charge in [0.2, 0.25) is 11.8 Å². The first-order valence-corrected chi connectivity index (χ1v) is 24.8. The van der Waals surface area contributed by atoms with Gasteiger partial charge in [0.1, 0.15) is 34.6 Å². The summed E-state index contributed by atoms with van der Waals surface area (Å²) in [6.45, 7) is 11.4. The zero-order valence-corrected chi connectivity index (χ0v) is 39.1. The van der Waals surface area contributed by atoms with Crippen molar-refractivity contribution in [2.45, 2.75) is 83.4 Å². The predicted molar refractivity (Wildman–Crippen MR) is 256 cm³/mol. The first-order chi connectivity index (χ1) is 33.4. The van der Waals surface area contributed by atoms with Crippen molar-refractivity contribution in [3.05, 3.63) is 77.0 Å². The van der Waals surface area contributed by atoms with E-state index in [0.29, 0.717) is 90.9 Å². The predicted octanol–water partition coefficient (Wildman–Crippen LogP) is 5.81. The molecular weight excluding hydrogens is 885 g/mol. The van der Waals surface area contributed by atoms with Gasteiger partial charge in [-0.05, 0) is 129 Å². The average Bonchev–Trinajstić information content (AvgIpc) is 4.04. The van der Waals surface area contributed by atoms with Crippen LogP contribution in [-0.4, -0.2) is 142 Å². The Labute approximate surface area is 399 Å². The number of ether oxygens (including phenoxy) is 1. The van der Waals surface area contributed by atoms with Gasteiger partial charge in [-0.15, -0.1) is 0 Å². The molecule has 4 saturated heterocycles. The molecule has 7 heterocycles. The lowest BCUT2D eigenvalue weighted by atomic mass is 9.94. The lowest BCUT2D eigenvalue weighted by Gasteiger charge is -2.40. The van der Waals surface area contributed by atoms with E-state index in [0.717, 1.165) is 89.3 Å². The molecule has 362 valence electrons. The van der Waals surface area contributed by atoms with Crippen LogP contribution < -0.4 is 19.9 Å². The van der Waals surface area contributed by atoms with E-state index in [1.165, 1.54) is 12.1 Å². The minimum Gasteiger partial charge on any atom is -0.508 e. The van der Waals surface area contributed by atoms with Gasteiger partial charge in [-0.1, -0.05) is 13.0 Å². The number of hydrogen-bond acceptors (Lipinski definition) is 13. The van der Waals surface area contributed by atoms with E-state index in [1.807, 2.05) is 24.0 Å². The van der Waals surface area contributed by atoms with Gasteiger partial charge in [0.15, 0.2) is 5.82 Å². The summed E-state index contributed by atoms with van der Waals surface area (Å²) in [6, 6.07) is 11.4. The second kappa shape index (κ2) is 18.4. The fourth-order valence-corrected chi connectivity index (χ4v) is 11.5. The highest BCUT2D eigenvalue weighted by Crippen LogP contribution is 2.47. The summed E-state index contributed by atoms with van der Waals surface area (Å²) in [5.74, 6) is -0.924. The Hall–Kier alpha value is -6.04. The lowest BCUT2D eigenvalue weighted by Crippen LogP contribution is -2.52. The minimum atomic E-state index is -0.707. The molecule has 6 aliphatic rings. The number of nitrogens with one attached hydrogen (secondary N) is 1. The Balaban J connectivity index is 0.715. The average molecular weight is 944 g/mol. The molecule has 15 nitrogen and oxygen atoms in total. The molecule has 69 heavy (non-hydrogen) atoms. The number of carbonyl (C=O) groups excluding carboxylic acids is 3. The molecule has 2 aromatic heterocycles. The van der Waals surface area contributed by atoms with E-state index in [4.69, 9.17) is 9.72 Å². The van der Waals surface area contributed by atoms with Crippen molar-refractivity contribution < 1.29 is 38.1 Å². The van der Waals surface area contributed by atoms with Crippen molar-refractivity contribution in [3.63, 3.8) is 0 Å². The van der Waals surface area contributed by atoms with Crippen molar-refractivity contribution in [2.24, 2.45) is 11.3 Å². The number of fused-ring (bicyclic) bond motifs is 3. The molecule has 1 atom stereocenters. The zero-order valence-electron chi connectivity index (χ0n) is 39.1. The second-order valence-electron chi connectivity index (χ2n) is 20.2. The molecule has 0 unspecified atom stereocenters. The van der Waals surface area contributed by atoms with Crippen LogP contribution in [0.4, 0.5) is 20.3 Å². The van der Waals surface area contributed by atoms with Gasteiger partial charge in [0, 0.05) is 93.7 Å². The summed E-state index contributed by atoms with van der Waals surface area (Å²) in [7, 11) is 0. The Bertz CT molecular complexity index is 2840. The van der Waals surface area contributed by atoms with Crippen LogP contribution in [0.25, 0.3) is 32.9 Å². The summed E-state index contributed by atoms with van der Waals surface area (Å²) in [5.41, 5.74) is 3.28. The van der Waals surface area contributed by atoms with Gasteiger partial charge in [0.05, 0.1) is 18.1 Å². The molecule has 0 radical (unpaired) electrons. The number of halogens is 2. The largest absolute Gasteiger partial charge is 0.508 e. The van der Waals surface area contributed by atoms with E-state index >= 15 is 8.78 Å². The molecule has 11 rings (SSSR count). The number of phenols is 1. The number of aromatic nitrogens is 3. The molecule has 5 aromatic rings. The molecular formula is C52H59F2N9O6. The van der Waals surface area contributed by atoms with Crippen molar-refractivity contribution in [1.29, 1.82) is 0 Å². The number of aryl methyl sites for hydroxylation is 1. The van der Waals surface area contributed by atoms with Crippen LogP contribution in [0.2, 0.25) is 0 Å². The second-order valence-corrected chi connectivity index (χ2v) is 20.2. The van der Waals surface area contributed by atoms with Crippen LogP contribution in [0.1, 0.15) is 79.8 Å². The van der Waals surface area contributed by atoms with Crippen LogP contribution >= 0.6 is 0 Å². The maximum Gasteiger partial charge on any atom is 0.319 e. The Morgan fingerprint density at radius 1 is 0.855 bits per heavy atom. The quantitative estimate of drug-likeness (QED) is 0.129. The maximum absolute atomic E-state index is 17.1. The zero-order chi connectivity index (χ0) is 47.6. The van der Waals surface area contributed by atoms with Gasteiger partial charge in [-0.3, -0.25) is 29.6 Å². The minimum absolute atomic E-state index is 0.0337. The molecule has 3 amide bonds. The summed E-state index contributed by atoms with van der Waals surface area (Å²) in [6.07, 6.45) is 7.45. The Morgan fingerprint density at radius 2 is 1.64 bits per heavy atom. The third-order valence-electron chi connectivity index (χ3n) is 15.7. The molecule has 0 spiro atoms. The van der Waals surface area contributed by atoms with E-state index in [-0.39, 0.29) is 52.2 Å².